The summed E-state index contributed by atoms with van der Waals surface area (Å²) < 4.78 is 27.1. The molecular formula is C9H11NO4S. The van der Waals surface area contributed by atoms with E-state index >= 15 is 0 Å². The van der Waals surface area contributed by atoms with Gasteiger partial charge in [0.05, 0.1) is 4.90 Å². The van der Waals surface area contributed by atoms with Crippen molar-refractivity contribution in [1.82, 2.24) is 5.48 Å². The van der Waals surface area contributed by atoms with Gasteiger partial charge in [-0.2, -0.15) is 8.42 Å². The zero-order chi connectivity index (χ0) is 11.5. The van der Waals surface area contributed by atoms with E-state index in [9.17, 15) is 13.2 Å². The van der Waals surface area contributed by atoms with E-state index in [0.717, 1.165) is 12.5 Å². The van der Waals surface area contributed by atoms with E-state index in [2.05, 4.69) is 4.28 Å². The van der Waals surface area contributed by atoms with Crippen LogP contribution < -0.4 is 5.48 Å². The van der Waals surface area contributed by atoms with Gasteiger partial charge < -0.3 is 0 Å². The van der Waals surface area contributed by atoms with Crippen LogP contribution >= 0.6 is 0 Å². The molecule has 0 saturated carbocycles. The van der Waals surface area contributed by atoms with Crippen LogP contribution in [0.3, 0.4) is 0 Å². The Morgan fingerprint density at radius 1 is 1.27 bits per heavy atom. The molecule has 0 aromatic heterocycles. The van der Waals surface area contributed by atoms with Crippen molar-refractivity contribution in [3.05, 3.63) is 29.8 Å². The quantitative estimate of drug-likeness (QED) is 0.776. The minimum absolute atomic E-state index is 0.00171. The number of nitrogens with one attached hydrogen (secondary N) is 1. The predicted octanol–water partition coefficient (Wildman–Crippen LogP) is 0.751. The van der Waals surface area contributed by atoms with Crippen LogP contribution in [0.1, 0.15) is 12.5 Å². The van der Waals surface area contributed by atoms with Crippen molar-refractivity contribution in [3.63, 3.8) is 0 Å². The predicted molar refractivity (Wildman–Crippen MR) is 53.3 cm³/mol. The van der Waals surface area contributed by atoms with Gasteiger partial charge in [0.2, 0.25) is 5.91 Å². The first-order valence-corrected chi connectivity index (χ1v) is 5.59. The van der Waals surface area contributed by atoms with E-state index in [1.807, 2.05) is 6.92 Å². The molecule has 0 heterocycles. The molecule has 1 amide bonds. The van der Waals surface area contributed by atoms with Gasteiger partial charge in [0, 0.05) is 6.92 Å². The maximum atomic E-state index is 11.4. The average molecular weight is 229 g/mol. The molecule has 0 aliphatic carbocycles. The molecule has 1 N–H and O–H groups in total. The molecule has 82 valence electrons. The first-order chi connectivity index (χ1) is 6.92. The van der Waals surface area contributed by atoms with Gasteiger partial charge in [0.25, 0.3) is 0 Å². The summed E-state index contributed by atoms with van der Waals surface area (Å²) in [4.78, 5) is 10.5. The van der Waals surface area contributed by atoms with Gasteiger partial charge >= 0.3 is 10.1 Å². The van der Waals surface area contributed by atoms with Gasteiger partial charge in [-0.1, -0.05) is 17.7 Å². The van der Waals surface area contributed by atoms with Crippen LogP contribution in [0, 0.1) is 6.92 Å². The number of amides is 1. The summed E-state index contributed by atoms with van der Waals surface area (Å²) in [5.41, 5.74) is 2.71. The SMILES string of the molecule is CC(=O)NOS(=O)(=O)c1ccc(C)cc1. The van der Waals surface area contributed by atoms with Crippen molar-refractivity contribution in [1.29, 1.82) is 0 Å². The van der Waals surface area contributed by atoms with Crippen molar-refractivity contribution in [3.8, 4) is 0 Å². The molecule has 1 rings (SSSR count). The van der Waals surface area contributed by atoms with Crippen LogP contribution in [-0.4, -0.2) is 14.3 Å². The highest BCUT2D eigenvalue weighted by atomic mass is 32.2. The monoisotopic (exact) mass is 229 g/mol. The van der Waals surface area contributed by atoms with E-state index in [4.69, 9.17) is 0 Å². The van der Waals surface area contributed by atoms with E-state index in [0.29, 0.717) is 0 Å². The lowest BCUT2D eigenvalue weighted by molar-refractivity contribution is -0.125. The average Bonchev–Trinajstić information content (AvgIpc) is 2.16. The number of hydroxylamine groups is 1. The second-order valence-electron chi connectivity index (χ2n) is 3.01. The molecule has 15 heavy (non-hydrogen) atoms. The molecule has 0 radical (unpaired) electrons. The third kappa shape index (κ3) is 3.34. The van der Waals surface area contributed by atoms with Gasteiger partial charge in [-0.25, -0.2) is 5.48 Å². The van der Waals surface area contributed by atoms with Crippen LogP contribution in [0.2, 0.25) is 0 Å². The number of benzene rings is 1. The summed E-state index contributed by atoms with van der Waals surface area (Å²) in [5, 5.41) is 0. The number of carbonyl (C=O) groups excluding carboxylic acids is 1. The third-order valence-corrected chi connectivity index (χ3v) is 2.76. The summed E-state index contributed by atoms with van der Waals surface area (Å²) in [5.74, 6) is -0.578. The summed E-state index contributed by atoms with van der Waals surface area (Å²) >= 11 is 0. The van der Waals surface area contributed by atoms with Crippen molar-refractivity contribution in [2.24, 2.45) is 0 Å². The highest BCUT2D eigenvalue weighted by Gasteiger charge is 2.15. The topological polar surface area (TPSA) is 72.5 Å². The summed E-state index contributed by atoms with van der Waals surface area (Å²) in [6, 6.07) is 6.10. The number of carbonyl (C=O) groups is 1. The maximum absolute atomic E-state index is 11.4. The second-order valence-corrected chi connectivity index (χ2v) is 4.56. The highest BCUT2D eigenvalue weighted by molar-refractivity contribution is 7.86. The largest absolute Gasteiger partial charge is 0.317 e. The van der Waals surface area contributed by atoms with Gasteiger partial charge in [0.1, 0.15) is 0 Å². The number of aryl methyl sites for hydroxylation is 1. The number of rotatable bonds is 3. The Labute approximate surface area is 88.1 Å². The molecule has 6 heteroatoms. The molecule has 0 aliphatic heterocycles. The fourth-order valence-corrected chi connectivity index (χ4v) is 1.66. The Morgan fingerprint density at radius 2 is 1.80 bits per heavy atom. The molecular weight excluding hydrogens is 218 g/mol. The van der Waals surface area contributed by atoms with Crippen LogP contribution in [-0.2, 0) is 19.2 Å². The Kier molecular flexibility index (Phi) is 3.43. The molecule has 0 atom stereocenters. The number of hydrogen-bond donors (Lipinski definition) is 1. The summed E-state index contributed by atoms with van der Waals surface area (Å²) in [6.07, 6.45) is 0. The summed E-state index contributed by atoms with van der Waals surface area (Å²) in [7, 11) is -3.90. The highest BCUT2D eigenvalue weighted by Crippen LogP contribution is 2.11. The van der Waals surface area contributed by atoms with Crippen LogP contribution in [0.4, 0.5) is 0 Å². The van der Waals surface area contributed by atoms with Crippen LogP contribution in [0.25, 0.3) is 0 Å². The zero-order valence-corrected chi connectivity index (χ0v) is 9.17. The molecule has 1 aromatic carbocycles. The zero-order valence-electron chi connectivity index (χ0n) is 8.35. The second kappa shape index (κ2) is 4.41. The minimum Gasteiger partial charge on any atom is -0.273 e. The molecule has 0 spiro atoms. The normalized spacial score (nSPS) is 11.1. The maximum Gasteiger partial charge on any atom is 0.317 e. The molecule has 0 bridgehead atoms. The van der Waals surface area contributed by atoms with Gasteiger partial charge in [-0.3, -0.25) is 4.79 Å². The lowest BCUT2D eigenvalue weighted by atomic mass is 10.2. The third-order valence-electron chi connectivity index (χ3n) is 1.60. The Bertz CT molecular complexity index is 450. The molecule has 0 unspecified atom stereocenters. The molecule has 5 nitrogen and oxygen atoms in total. The molecule has 0 fully saturated rings. The standard InChI is InChI=1S/C9H11NO4S/c1-7-3-5-9(6-4-7)15(12,13)14-10-8(2)11/h3-6H,1-2H3,(H,10,11). The lowest BCUT2D eigenvalue weighted by Crippen LogP contribution is -2.24. The molecule has 0 saturated heterocycles. The molecule has 0 aliphatic rings. The smallest absolute Gasteiger partial charge is 0.273 e. The first kappa shape index (κ1) is 11.7. The Balaban J connectivity index is 2.87. The van der Waals surface area contributed by atoms with Gasteiger partial charge in [-0.05, 0) is 19.1 Å². The number of hydrogen-bond acceptors (Lipinski definition) is 4. The van der Waals surface area contributed by atoms with Crippen LogP contribution in [0.5, 0.6) is 0 Å². The minimum atomic E-state index is -3.90. The summed E-state index contributed by atoms with van der Waals surface area (Å²) in [6.45, 7) is 3.00. The van der Waals surface area contributed by atoms with Gasteiger partial charge in [-0.15, -0.1) is 4.28 Å². The fraction of sp³-hybridized carbons (Fsp3) is 0.222. The van der Waals surface area contributed by atoms with Crippen molar-refractivity contribution in [2.45, 2.75) is 18.7 Å². The lowest BCUT2D eigenvalue weighted by Gasteiger charge is -2.04. The van der Waals surface area contributed by atoms with E-state index in [1.54, 1.807) is 17.6 Å². The Morgan fingerprint density at radius 3 is 2.27 bits per heavy atom. The van der Waals surface area contributed by atoms with Gasteiger partial charge in [0.15, 0.2) is 0 Å². The van der Waals surface area contributed by atoms with Crippen molar-refractivity contribution < 1.29 is 17.5 Å². The fourth-order valence-electron chi connectivity index (χ4n) is 0.867. The van der Waals surface area contributed by atoms with Crippen molar-refractivity contribution in [2.75, 3.05) is 0 Å². The molecule has 1 aromatic rings. The van der Waals surface area contributed by atoms with Crippen molar-refractivity contribution >= 4 is 16.0 Å². The van der Waals surface area contributed by atoms with E-state index in [1.165, 1.54) is 12.1 Å². The first-order valence-electron chi connectivity index (χ1n) is 4.18. The Hall–Kier alpha value is -1.40. The van der Waals surface area contributed by atoms with Crippen LogP contribution in [0.15, 0.2) is 29.2 Å². The van der Waals surface area contributed by atoms with E-state index in [-0.39, 0.29) is 4.90 Å². The van der Waals surface area contributed by atoms with E-state index < -0.39 is 16.0 Å².